The van der Waals surface area contributed by atoms with E-state index in [1.807, 2.05) is 26.0 Å². The molecular formula is C21H29N3O2. The second-order valence-corrected chi connectivity index (χ2v) is 7.23. The number of carbonyl (C=O) groups excluding carboxylic acids is 1. The molecule has 26 heavy (non-hydrogen) atoms. The number of urea groups is 1. The van der Waals surface area contributed by atoms with E-state index in [-0.39, 0.29) is 12.1 Å². The van der Waals surface area contributed by atoms with Crippen LogP contribution in [-0.2, 0) is 6.54 Å². The second-order valence-electron chi connectivity index (χ2n) is 7.23. The van der Waals surface area contributed by atoms with E-state index in [4.69, 9.17) is 4.42 Å². The summed E-state index contributed by atoms with van der Waals surface area (Å²) in [4.78, 5) is 14.6. The number of furan rings is 1. The van der Waals surface area contributed by atoms with E-state index in [0.717, 1.165) is 50.5 Å². The largest absolute Gasteiger partial charge is 0.464 e. The van der Waals surface area contributed by atoms with E-state index in [1.165, 1.54) is 5.56 Å². The molecule has 1 aliphatic rings. The maximum atomic E-state index is 12.1. The number of carbonyl (C=O) groups is 1. The van der Waals surface area contributed by atoms with E-state index >= 15 is 0 Å². The zero-order valence-electron chi connectivity index (χ0n) is 15.7. The minimum absolute atomic E-state index is 0.127. The molecule has 1 aromatic carbocycles. The van der Waals surface area contributed by atoms with Gasteiger partial charge in [0.2, 0.25) is 0 Å². The van der Waals surface area contributed by atoms with Gasteiger partial charge in [0.05, 0.1) is 6.04 Å². The van der Waals surface area contributed by atoms with Crippen LogP contribution in [0.4, 0.5) is 4.79 Å². The van der Waals surface area contributed by atoms with Crippen molar-refractivity contribution in [3.63, 3.8) is 0 Å². The Bertz CT molecular complexity index is 690. The maximum Gasteiger partial charge on any atom is 0.315 e. The van der Waals surface area contributed by atoms with Gasteiger partial charge in [-0.3, -0.25) is 4.90 Å². The lowest BCUT2D eigenvalue weighted by Gasteiger charge is -2.32. The molecule has 2 N–H and O–H groups in total. The van der Waals surface area contributed by atoms with Crippen molar-refractivity contribution in [2.24, 2.45) is 5.92 Å². The summed E-state index contributed by atoms with van der Waals surface area (Å²) < 4.78 is 5.55. The number of piperidine rings is 1. The molecule has 0 saturated carbocycles. The number of likely N-dealkylation sites (tertiary alicyclic amines) is 1. The van der Waals surface area contributed by atoms with Crippen LogP contribution in [0.25, 0.3) is 0 Å². The predicted molar refractivity (Wildman–Crippen MR) is 103 cm³/mol. The first-order valence-corrected chi connectivity index (χ1v) is 9.47. The molecule has 1 fully saturated rings. The molecule has 1 aromatic heterocycles. The molecule has 2 amide bonds. The van der Waals surface area contributed by atoms with Gasteiger partial charge in [-0.05, 0) is 63.4 Å². The van der Waals surface area contributed by atoms with Crippen molar-refractivity contribution >= 4 is 6.03 Å². The van der Waals surface area contributed by atoms with Gasteiger partial charge in [0, 0.05) is 13.1 Å². The van der Waals surface area contributed by atoms with Gasteiger partial charge in [-0.1, -0.05) is 30.3 Å². The van der Waals surface area contributed by atoms with Crippen molar-refractivity contribution in [1.29, 1.82) is 0 Å². The van der Waals surface area contributed by atoms with Gasteiger partial charge in [0.1, 0.15) is 11.5 Å². The lowest BCUT2D eigenvalue weighted by Crippen LogP contribution is -2.42. The summed E-state index contributed by atoms with van der Waals surface area (Å²) >= 11 is 0. The Labute approximate surface area is 155 Å². The molecule has 1 saturated heterocycles. The number of benzene rings is 1. The quantitative estimate of drug-likeness (QED) is 0.827. The van der Waals surface area contributed by atoms with Crippen LogP contribution in [0.2, 0.25) is 0 Å². The van der Waals surface area contributed by atoms with Crippen molar-refractivity contribution in [2.75, 3.05) is 19.6 Å². The monoisotopic (exact) mass is 355 g/mol. The molecule has 5 nitrogen and oxygen atoms in total. The first-order valence-electron chi connectivity index (χ1n) is 9.47. The lowest BCUT2D eigenvalue weighted by atomic mass is 9.96. The Morgan fingerprint density at radius 3 is 2.58 bits per heavy atom. The third-order valence-corrected chi connectivity index (χ3v) is 5.04. The van der Waals surface area contributed by atoms with E-state index in [1.54, 1.807) is 0 Å². The summed E-state index contributed by atoms with van der Waals surface area (Å²) in [6, 6.07) is 14.2. The highest BCUT2D eigenvalue weighted by Crippen LogP contribution is 2.19. The minimum atomic E-state index is -0.128. The average molecular weight is 355 g/mol. The molecule has 0 bridgehead atoms. The van der Waals surface area contributed by atoms with Crippen molar-refractivity contribution in [1.82, 2.24) is 15.5 Å². The average Bonchev–Trinajstić information content (AvgIpc) is 3.09. The van der Waals surface area contributed by atoms with Gasteiger partial charge >= 0.3 is 6.03 Å². The van der Waals surface area contributed by atoms with Gasteiger partial charge in [-0.15, -0.1) is 0 Å². The molecule has 5 heteroatoms. The molecule has 0 aliphatic carbocycles. The number of amides is 2. The van der Waals surface area contributed by atoms with Crippen molar-refractivity contribution in [2.45, 2.75) is 39.3 Å². The molecule has 1 aliphatic heterocycles. The van der Waals surface area contributed by atoms with Crippen LogP contribution >= 0.6 is 0 Å². The van der Waals surface area contributed by atoms with Crippen molar-refractivity contribution < 1.29 is 9.21 Å². The lowest BCUT2D eigenvalue weighted by molar-refractivity contribution is 0.174. The molecule has 3 rings (SSSR count). The SMILES string of the molecule is Cc1ccc(C(C)NC(=O)NCC2CCN(Cc3ccccc3)CC2)o1. The van der Waals surface area contributed by atoms with Crippen LogP contribution in [0, 0.1) is 12.8 Å². The van der Waals surface area contributed by atoms with Crippen LogP contribution in [0.5, 0.6) is 0 Å². The highest BCUT2D eigenvalue weighted by molar-refractivity contribution is 5.74. The Kier molecular flexibility index (Phi) is 6.34. The van der Waals surface area contributed by atoms with Gasteiger partial charge in [-0.25, -0.2) is 4.79 Å². The zero-order chi connectivity index (χ0) is 18.4. The molecule has 1 atom stereocenters. The summed E-state index contributed by atoms with van der Waals surface area (Å²) in [5.74, 6) is 2.19. The van der Waals surface area contributed by atoms with Crippen LogP contribution in [0.15, 0.2) is 46.9 Å². The standard InChI is InChI=1S/C21H29N3O2/c1-16-8-9-20(26-16)17(2)23-21(25)22-14-18-10-12-24(13-11-18)15-19-6-4-3-5-7-19/h3-9,17-18H,10-15H2,1-2H3,(H2,22,23,25). The van der Waals surface area contributed by atoms with Crippen LogP contribution < -0.4 is 10.6 Å². The predicted octanol–water partition coefficient (Wildman–Crippen LogP) is 3.86. The summed E-state index contributed by atoms with van der Waals surface area (Å²) in [6.07, 6.45) is 2.25. The molecule has 1 unspecified atom stereocenters. The molecule has 0 spiro atoms. The Hall–Kier alpha value is -2.27. The minimum Gasteiger partial charge on any atom is -0.464 e. The van der Waals surface area contributed by atoms with Gasteiger partial charge in [0.15, 0.2) is 0 Å². The fraction of sp³-hybridized carbons (Fsp3) is 0.476. The molecule has 2 aromatic rings. The summed E-state index contributed by atoms with van der Waals surface area (Å²) in [5.41, 5.74) is 1.37. The van der Waals surface area contributed by atoms with E-state index in [9.17, 15) is 4.79 Å². The Morgan fingerprint density at radius 1 is 1.19 bits per heavy atom. The number of nitrogens with zero attached hydrogens (tertiary/aromatic N) is 1. The molecule has 140 valence electrons. The van der Waals surface area contributed by atoms with Crippen LogP contribution in [0.3, 0.4) is 0 Å². The summed E-state index contributed by atoms with van der Waals surface area (Å²) in [7, 11) is 0. The summed E-state index contributed by atoms with van der Waals surface area (Å²) in [5, 5.41) is 5.95. The maximum absolute atomic E-state index is 12.1. The first-order chi connectivity index (χ1) is 12.6. The zero-order valence-corrected chi connectivity index (χ0v) is 15.7. The van der Waals surface area contributed by atoms with Gasteiger partial charge < -0.3 is 15.1 Å². The van der Waals surface area contributed by atoms with E-state index in [0.29, 0.717) is 5.92 Å². The number of hydrogen-bond acceptors (Lipinski definition) is 3. The first kappa shape index (κ1) is 18.5. The fourth-order valence-electron chi connectivity index (χ4n) is 3.43. The van der Waals surface area contributed by atoms with E-state index < -0.39 is 0 Å². The van der Waals surface area contributed by atoms with E-state index in [2.05, 4.69) is 45.9 Å². The molecule has 0 radical (unpaired) electrons. The van der Waals surface area contributed by atoms with Crippen LogP contribution in [0.1, 0.15) is 42.9 Å². The van der Waals surface area contributed by atoms with Crippen molar-refractivity contribution in [3.05, 3.63) is 59.5 Å². The number of aryl methyl sites for hydroxylation is 1. The number of nitrogens with one attached hydrogen (secondary N) is 2. The smallest absolute Gasteiger partial charge is 0.315 e. The van der Waals surface area contributed by atoms with Crippen LogP contribution in [-0.4, -0.2) is 30.6 Å². The molecular weight excluding hydrogens is 326 g/mol. The topological polar surface area (TPSA) is 57.5 Å². The fourth-order valence-corrected chi connectivity index (χ4v) is 3.43. The third kappa shape index (κ3) is 5.36. The summed E-state index contributed by atoms with van der Waals surface area (Å²) in [6.45, 7) is 7.76. The normalized spacial score (nSPS) is 17.0. The number of rotatable bonds is 6. The Morgan fingerprint density at radius 2 is 1.92 bits per heavy atom. The highest BCUT2D eigenvalue weighted by atomic mass is 16.3. The Balaban J connectivity index is 1.35. The van der Waals surface area contributed by atoms with Gasteiger partial charge in [0.25, 0.3) is 0 Å². The second kappa shape index (κ2) is 8.90. The number of hydrogen-bond donors (Lipinski definition) is 2. The third-order valence-electron chi connectivity index (χ3n) is 5.04. The highest BCUT2D eigenvalue weighted by Gasteiger charge is 2.20. The molecule has 2 heterocycles. The van der Waals surface area contributed by atoms with Crippen molar-refractivity contribution in [3.8, 4) is 0 Å². The van der Waals surface area contributed by atoms with Gasteiger partial charge in [-0.2, -0.15) is 0 Å².